The van der Waals surface area contributed by atoms with Crippen LogP contribution in [0.5, 0.6) is 0 Å². The second kappa shape index (κ2) is 7.00. The Hall–Kier alpha value is -2.08. The molecule has 0 unspecified atom stereocenters. The van der Waals surface area contributed by atoms with Crippen LogP contribution in [0.4, 0.5) is 4.79 Å². The van der Waals surface area contributed by atoms with Gasteiger partial charge in [-0.2, -0.15) is 0 Å². The van der Waals surface area contributed by atoms with Crippen molar-refractivity contribution in [2.24, 2.45) is 5.84 Å². The molecule has 1 aromatic rings. The molecular weight excluding hydrogens is 294 g/mol. The molecule has 1 saturated heterocycles. The molecule has 2 rings (SSSR count). The van der Waals surface area contributed by atoms with E-state index in [4.69, 9.17) is 10.6 Å². The lowest BCUT2D eigenvalue weighted by molar-refractivity contribution is 0.00836. The predicted octanol–water partition coefficient (Wildman–Crippen LogP) is 2.40. The van der Waals surface area contributed by atoms with Crippen molar-refractivity contribution >= 4 is 12.0 Å². The van der Waals surface area contributed by atoms with Gasteiger partial charge in [-0.05, 0) is 45.7 Å². The minimum Gasteiger partial charge on any atom is -0.443 e. The minimum absolute atomic E-state index is 0.0184. The Bertz CT molecular complexity index is 546. The van der Waals surface area contributed by atoms with E-state index < -0.39 is 11.7 Å². The number of nitrogens with zero attached hydrogens (tertiary/aromatic N) is 2. The number of ether oxygens (including phenoxy) is 1. The molecular formula is C17H25N3O3. The highest BCUT2D eigenvalue weighted by atomic mass is 16.6. The maximum atomic E-state index is 12.4. The first-order chi connectivity index (χ1) is 10.8. The largest absolute Gasteiger partial charge is 0.443 e. The van der Waals surface area contributed by atoms with Gasteiger partial charge < -0.3 is 9.64 Å². The number of hydrazine groups is 1. The molecule has 1 fully saturated rings. The first-order valence-corrected chi connectivity index (χ1v) is 7.89. The van der Waals surface area contributed by atoms with Crippen molar-refractivity contribution < 1.29 is 14.3 Å². The molecule has 23 heavy (non-hydrogen) atoms. The first kappa shape index (κ1) is 17.3. The van der Waals surface area contributed by atoms with Gasteiger partial charge in [0.1, 0.15) is 5.60 Å². The molecule has 0 aromatic heterocycles. The standard InChI is InChI=1S/C17H25N3O3/c1-17(2,3)23-16(22)20(18)14-9-11-19(12-10-14)15(21)13-7-5-4-6-8-13/h4-8,14H,9-12,18H2,1-3H3. The number of carbonyl (C=O) groups is 2. The molecule has 0 aliphatic carbocycles. The molecule has 6 nitrogen and oxygen atoms in total. The lowest BCUT2D eigenvalue weighted by Gasteiger charge is -2.36. The number of carbonyl (C=O) groups excluding carboxylic acids is 2. The van der Waals surface area contributed by atoms with Gasteiger partial charge in [-0.25, -0.2) is 15.6 Å². The zero-order valence-electron chi connectivity index (χ0n) is 14.0. The molecule has 126 valence electrons. The zero-order valence-corrected chi connectivity index (χ0v) is 14.0. The van der Waals surface area contributed by atoms with E-state index in [0.717, 1.165) is 5.01 Å². The summed E-state index contributed by atoms with van der Waals surface area (Å²) in [7, 11) is 0. The fraction of sp³-hybridized carbons (Fsp3) is 0.529. The minimum atomic E-state index is -0.571. The SMILES string of the molecule is CC(C)(C)OC(=O)N(N)C1CCN(C(=O)c2ccccc2)CC1. The second-order valence-corrected chi connectivity index (χ2v) is 6.78. The maximum absolute atomic E-state index is 12.4. The topological polar surface area (TPSA) is 75.9 Å². The predicted molar refractivity (Wildman–Crippen MR) is 87.6 cm³/mol. The molecule has 1 aliphatic heterocycles. The lowest BCUT2D eigenvalue weighted by Crippen LogP contribution is -2.53. The van der Waals surface area contributed by atoms with E-state index >= 15 is 0 Å². The highest BCUT2D eigenvalue weighted by Gasteiger charge is 2.30. The van der Waals surface area contributed by atoms with E-state index in [1.807, 2.05) is 30.3 Å². The van der Waals surface area contributed by atoms with Crippen molar-refractivity contribution in [2.45, 2.75) is 45.3 Å². The van der Waals surface area contributed by atoms with Crippen molar-refractivity contribution in [3.05, 3.63) is 35.9 Å². The second-order valence-electron chi connectivity index (χ2n) is 6.78. The van der Waals surface area contributed by atoms with Gasteiger partial charge in [0, 0.05) is 18.7 Å². The summed E-state index contributed by atoms with van der Waals surface area (Å²) in [4.78, 5) is 26.2. The third-order valence-electron chi connectivity index (χ3n) is 3.77. The normalized spacial score (nSPS) is 16.1. The van der Waals surface area contributed by atoms with Crippen molar-refractivity contribution in [3.8, 4) is 0 Å². The molecule has 0 spiro atoms. The van der Waals surface area contributed by atoms with E-state index in [1.165, 1.54) is 0 Å². The molecule has 0 atom stereocenters. The summed E-state index contributed by atoms with van der Waals surface area (Å²) in [5, 5.41) is 1.16. The van der Waals surface area contributed by atoms with Crippen molar-refractivity contribution in [2.75, 3.05) is 13.1 Å². The Balaban J connectivity index is 1.88. The van der Waals surface area contributed by atoms with Crippen LogP contribution in [0.15, 0.2) is 30.3 Å². The molecule has 0 radical (unpaired) electrons. The maximum Gasteiger partial charge on any atom is 0.424 e. The van der Waals surface area contributed by atoms with Crippen LogP contribution in [0.3, 0.4) is 0 Å². The van der Waals surface area contributed by atoms with E-state index in [2.05, 4.69) is 0 Å². The summed E-state index contributed by atoms with van der Waals surface area (Å²) in [5.41, 5.74) is 0.112. The Labute approximate surface area is 137 Å². The smallest absolute Gasteiger partial charge is 0.424 e. The molecule has 6 heteroatoms. The van der Waals surface area contributed by atoms with Crippen molar-refractivity contribution in [1.29, 1.82) is 0 Å². The van der Waals surface area contributed by atoms with E-state index in [9.17, 15) is 9.59 Å². The Morgan fingerprint density at radius 3 is 2.26 bits per heavy atom. The summed E-state index contributed by atoms with van der Waals surface area (Å²) in [5.74, 6) is 5.91. The average Bonchev–Trinajstić information content (AvgIpc) is 2.53. The number of nitrogens with two attached hydrogens (primary N) is 1. The molecule has 0 saturated carbocycles. The van der Waals surface area contributed by atoms with Crippen LogP contribution in [0, 0.1) is 0 Å². The summed E-state index contributed by atoms with van der Waals surface area (Å²) in [6.07, 6.45) is 0.771. The van der Waals surface area contributed by atoms with E-state index in [0.29, 0.717) is 31.5 Å². The number of hydrogen-bond donors (Lipinski definition) is 1. The molecule has 0 bridgehead atoms. The van der Waals surface area contributed by atoms with Crippen LogP contribution >= 0.6 is 0 Å². The van der Waals surface area contributed by atoms with Gasteiger partial charge >= 0.3 is 6.09 Å². The average molecular weight is 319 g/mol. The van der Waals surface area contributed by atoms with Gasteiger partial charge in [0.15, 0.2) is 0 Å². The molecule has 1 heterocycles. The number of piperidine rings is 1. The summed E-state index contributed by atoms with van der Waals surface area (Å²) in [6, 6.07) is 9.10. The van der Waals surface area contributed by atoms with Crippen LogP contribution in [-0.2, 0) is 4.74 Å². The van der Waals surface area contributed by atoms with Crippen LogP contribution in [0.25, 0.3) is 0 Å². The van der Waals surface area contributed by atoms with Gasteiger partial charge in [0.25, 0.3) is 5.91 Å². The summed E-state index contributed by atoms with van der Waals surface area (Å²) >= 11 is 0. The monoisotopic (exact) mass is 319 g/mol. The Morgan fingerprint density at radius 2 is 1.74 bits per heavy atom. The third-order valence-corrected chi connectivity index (χ3v) is 3.77. The highest BCUT2D eigenvalue weighted by Crippen LogP contribution is 2.18. The Kier molecular flexibility index (Phi) is 5.26. The summed E-state index contributed by atoms with van der Waals surface area (Å²) < 4.78 is 5.28. The van der Waals surface area contributed by atoms with Gasteiger partial charge in [0.05, 0.1) is 6.04 Å². The van der Waals surface area contributed by atoms with Crippen molar-refractivity contribution in [1.82, 2.24) is 9.91 Å². The number of benzene rings is 1. The van der Waals surface area contributed by atoms with Gasteiger partial charge in [-0.1, -0.05) is 18.2 Å². The van der Waals surface area contributed by atoms with Gasteiger partial charge in [-0.3, -0.25) is 4.79 Å². The van der Waals surface area contributed by atoms with E-state index in [1.54, 1.807) is 25.7 Å². The third kappa shape index (κ3) is 4.69. The van der Waals surface area contributed by atoms with Crippen molar-refractivity contribution in [3.63, 3.8) is 0 Å². The molecule has 2 N–H and O–H groups in total. The summed E-state index contributed by atoms with van der Waals surface area (Å²) in [6.45, 7) is 6.57. The Morgan fingerprint density at radius 1 is 1.17 bits per heavy atom. The first-order valence-electron chi connectivity index (χ1n) is 7.89. The lowest BCUT2D eigenvalue weighted by atomic mass is 10.0. The van der Waals surface area contributed by atoms with Crippen LogP contribution in [0.2, 0.25) is 0 Å². The van der Waals surface area contributed by atoms with Crippen LogP contribution < -0.4 is 5.84 Å². The quantitative estimate of drug-likeness (QED) is 0.516. The molecule has 2 amide bonds. The highest BCUT2D eigenvalue weighted by molar-refractivity contribution is 5.94. The number of hydrogen-bond acceptors (Lipinski definition) is 4. The molecule has 1 aliphatic rings. The number of rotatable bonds is 2. The zero-order chi connectivity index (χ0) is 17.0. The fourth-order valence-corrected chi connectivity index (χ4v) is 2.57. The van der Waals surface area contributed by atoms with Crippen LogP contribution in [0.1, 0.15) is 44.0 Å². The fourth-order valence-electron chi connectivity index (χ4n) is 2.57. The molecule has 1 aromatic carbocycles. The van der Waals surface area contributed by atoms with Gasteiger partial charge in [0.2, 0.25) is 0 Å². The van der Waals surface area contributed by atoms with Crippen LogP contribution in [-0.4, -0.2) is 46.6 Å². The number of likely N-dealkylation sites (tertiary alicyclic amines) is 1. The van der Waals surface area contributed by atoms with E-state index in [-0.39, 0.29) is 11.9 Å². The van der Waals surface area contributed by atoms with Gasteiger partial charge in [-0.15, -0.1) is 0 Å². The number of amides is 2.